The minimum absolute atomic E-state index is 0.0995. The molecule has 0 unspecified atom stereocenters. The Kier molecular flexibility index (Phi) is 4.46. The molecule has 1 aliphatic rings. The van der Waals surface area contributed by atoms with Gasteiger partial charge in [-0.25, -0.2) is 0 Å². The molecule has 3 nitrogen and oxygen atoms in total. The topological polar surface area (TPSA) is 29.5 Å². The Morgan fingerprint density at radius 2 is 1.89 bits per heavy atom. The van der Waals surface area contributed by atoms with Crippen LogP contribution in [-0.4, -0.2) is 30.5 Å². The molecular formula is C16H23NO2. The van der Waals surface area contributed by atoms with E-state index in [0.29, 0.717) is 29.8 Å². The summed E-state index contributed by atoms with van der Waals surface area (Å²) in [6.45, 7) is 8.64. The molecule has 0 radical (unpaired) electrons. The maximum Gasteiger partial charge on any atom is 0.257 e. The number of ether oxygens (including phenoxy) is 1. The maximum atomic E-state index is 12.6. The van der Waals surface area contributed by atoms with E-state index in [2.05, 4.69) is 13.8 Å². The zero-order valence-electron chi connectivity index (χ0n) is 12.1. The van der Waals surface area contributed by atoms with Crippen molar-refractivity contribution in [2.45, 2.75) is 27.2 Å². The molecule has 0 aliphatic carbocycles. The van der Waals surface area contributed by atoms with Gasteiger partial charge in [-0.1, -0.05) is 26.0 Å². The Morgan fingerprint density at radius 3 is 2.53 bits per heavy atom. The lowest BCUT2D eigenvalue weighted by molar-refractivity contribution is 0.0619. The summed E-state index contributed by atoms with van der Waals surface area (Å²) < 4.78 is 5.56. The molecule has 3 heteroatoms. The van der Waals surface area contributed by atoms with Gasteiger partial charge in [0.15, 0.2) is 0 Å². The number of rotatable bonds is 3. The molecular weight excluding hydrogens is 238 g/mol. The molecule has 19 heavy (non-hydrogen) atoms. The van der Waals surface area contributed by atoms with Gasteiger partial charge in [0.1, 0.15) is 5.75 Å². The highest BCUT2D eigenvalue weighted by molar-refractivity contribution is 5.97. The van der Waals surface area contributed by atoms with E-state index in [9.17, 15) is 4.79 Å². The summed E-state index contributed by atoms with van der Waals surface area (Å²) in [6.07, 6.45) is 1.21. The number of hydrogen-bond acceptors (Lipinski definition) is 2. The Labute approximate surface area is 115 Å². The molecule has 1 fully saturated rings. The van der Waals surface area contributed by atoms with Gasteiger partial charge < -0.3 is 9.64 Å². The van der Waals surface area contributed by atoms with E-state index in [-0.39, 0.29) is 5.91 Å². The SMILES string of the molecule is CCOc1ccccc1C(=O)N1C[C@H](C)C[C@H](C)C1. The Morgan fingerprint density at radius 1 is 1.26 bits per heavy atom. The molecule has 1 aromatic carbocycles. The number of benzene rings is 1. The molecule has 2 atom stereocenters. The number of hydrogen-bond donors (Lipinski definition) is 0. The maximum absolute atomic E-state index is 12.6. The number of piperidine rings is 1. The fraction of sp³-hybridized carbons (Fsp3) is 0.562. The summed E-state index contributed by atoms with van der Waals surface area (Å²) >= 11 is 0. The molecule has 1 amide bonds. The van der Waals surface area contributed by atoms with E-state index in [4.69, 9.17) is 4.74 Å². The quantitative estimate of drug-likeness (QED) is 0.836. The smallest absolute Gasteiger partial charge is 0.257 e. The van der Waals surface area contributed by atoms with Gasteiger partial charge in [0.05, 0.1) is 12.2 Å². The second kappa shape index (κ2) is 6.09. The second-order valence-corrected chi connectivity index (χ2v) is 5.59. The van der Waals surface area contributed by atoms with Crippen molar-refractivity contribution in [3.8, 4) is 5.75 Å². The van der Waals surface area contributed by atoms with Gasteiger partial charge in [0.25, 0.3) is 5.91 Å². The van der Waals surface area contributed by atoms with Crippen LogP contribution in [0.2, 0.25) is 0 Å². The lowest BCUT2D eigenvalue weighted by Gasteiger charge is -2.35. The third kappa shape index (κ3) is 3.28. The first-order valence-electron chi connectivity index (χ1n) is 7.13. The molecule has 1 saturated heterocycles. The monoisotopic (exact) mass is 261 g/mol. The van der Waals surface area contributed by atoms with Crippen LogP contribution in [-0.2, 0) is 0 Å². The first-order valence-corrected chi connectivity index (χ1v) is 7.13. The van der Waals surface area contributed by atoms with Gasteiger partial charge in [0, 0.05) is 13.1 Å². The third-order valence-electron chi connectivity index (χ3n) is 3.57. The number of carbonyl (C=O) groups is 1. The standard InChI is InChI=1S/C16H23NO2/c1-4-19-15-8-6-5-7-14(15)16(18)17-10-12(2)9-13(3)11-17/h5-8,12-13H,4,9-11H2,1-3H3/t12-,13+. The molecule has 0 spiro atoms. The highest BCUT2D eigenvalue weighted by Gasteiger charge is 2.27. The van der Waals surface area contributed by atoms with Crippen molar-refractivity contribution < 1.29 is 9.53 Å². The Balaban J connectivity index is 2.19. The zero-order chi connectivity index (χ0) is 13.8. The van der Waals surface area contributed by atoms with E-state index in [1.807, 2.05) is 36.1 Å². The van der Waals surface area contributed by atoms with Crippen LogP contribution in [0, 0.1) is 11.8 Å². The summed E-state index contributed by atoms with van der Waals surface area (Å²) in [5, 5.41) is 0. The summed E-state index contributed by atoms with van der Waals surface area (Å²) in [5.74, 6) is 1.95. The van der Waals surface area contributed by atoms with E-state index in [1.165, 1.54) is 6.42 Å². The van der Waals surface area contributed by atoms with Crippen LogP contribution in [0.5, 0.6) is 5.75 Å². The van der Waals surface area contributed by atoms with Gasteiger partial charge in [-0.2, -0.15) is 0 Å². The van der Waals surface area contributed by atoms with Crippen molar-refractivity contribution >= 4 is 5.91 Å². The number of para-hydroxylation sites is 1. The average Bonchev–Trinajstić information content (AvgIpc) is 2.38. The van der Waals surface area contributed by atoms with E-state index in [0.717, 1.165) is 13.1 Å². The number of likely N-dealkylation sites (tertiary alicyclic amines) is 1. The molecule has 104 valence electrons. The molecule has 1 aromatic rings. The van der Waals surface area contributed by atoms with Crippen molar-refractivity contribution in [1.82, 2.24) is 4.90 Å². The molecule has 1 heterocycles. The third-order valence-corrected chi connectivity index (χ3v) is 3.57. The van der Waals surface area contributed by atoms with E-state index in [1.54, 1.807) is 0 Å². The summed E-state index contributed by atoms with van der Waals surface area (Å²) in [7, 11) is 0. The van der Waals surface area contributed by atoms with Crippen molar-refractivity contribution in [3.63, 3.8) is 0 Å². The largest absolute Gasteiger partial charge is 0.493 e. The van der Waals surface area contributed by atoms with E-state index < -0.39 is 0 Å². The van der Waals surface area contributed by atoms with Crippen molar-refractivity contribution in [2.24, 2.45) is 11.8 Å². The normalized spacial score (nSPS) is 23.2. The zero-order valence-corrected chi connectivity index (χ0v) is 12.1. The number of amides is 1. The fourth-order valence-corrected chi connectivity index (χ4v) is 2.92. The minimum Gasteiger partial charge on any atom is -0.493 e. The van der Waals surface area contributed by atoms with Crippen LogP contribution in [0.25, 0.3) is 0 Å². The van der Waals surface area contributed by atoms with Crippen LogP contribution in [0.15, 0.2) is 24.3 Å². The van der Waals surface area contributed by atoms with Crippen molar-refractivity contribution in [1.29, 1.82) is 0 Å². The molecule has 0 saturated carbocycles. The first kappa shape index (κ1) is 13.9. The second-order valence-electron chi connectivity index (χ2n) is 5.59. The van der Waals surface area contributed by atoms with Gasteiger partial charge in [-0.3, -0.25) is 4.79 Å². The summed E-state index contributed by atoms with van der Waals surface area (Å²) in [6, 6.07) is 7.53. The van der Waals surface area contributed by atoms with Gasteiger partial charge in [-0.15, -0.1) is 0 Å². The Bertz CT molecular complexity index is 434. The highest BCUT2D eigenvalue weighted by atomic mass is 16.5. The predicted octanol–water partition coefficient (Wildman–Crippen LogP) is 3.20. The summed E-state index contributed by atoms with van der Waals surface area (Å²) in [5.41, 5.74) is 0.686. The van der Waals surface area contributed by atoms with E-state index >= 15 is 0 Å². The molecule has 0 aromatic heterocycles. The lowest BCUT2D eigenvalue weighted by Crippen LogP contribution is -2.42. The lowest BCUT2D eigenvalue weighted by atomic mass is 9.91. The molecule has 2 rings (SSSR count). The number of nitrogens with zero attached hydrogens (tertiary/aromatic N) is 1. The minimum atomic E-state index is 0.0995. The van der Waals surface area contributed by atoms with Crippen LogP contribution in [0.1, 0.15) is 37.6 Å². The first-order chi connectivity index (χ1) is 9.11. The average molecular weight is 261 g/mol. The molecule has 0 N–H and O–H groups in total. The van der Waals surface area contributed by atoms with Gasteiger partial charge >= 0.3 is 0 Å². The summed E-state index contributed by atoms with van der Waals surface area (Å²) in [4.78, 5) is 14.6. The highest BCUT2D eigenvalue weighted by Crippen LogP contribution is 2.25. The van der Waals surface area contributed by atoms with Gasteiger partial charge in [-0.05, 0) is 37.3 Å². The fourth-order valence-electron chi connectivity index (χ4n) is 2.92. The van der Waals surface area contributed by atoms with Crippen LogP contribution >= 0.6 is 0 Å². The number of carbonyl (C=O) groups excluding carboxylic acids is 1. The van der Waals surface area contributed by atoms with Gasteiger partial charge in [0.2, 0.25) is 0 Å². The van der Waals surface area contributed by atoms with Crippen LogP contribution in [0.3, 0.4) is 0 Å². The van der Waals surface area contributed by atoms with Crippen LogP contribution < -0.4 is 4.74 Å². The van der Waals surface area contributed by atoms with Crippen molar-refractivity contribution in [2.75, 3.05) is 19.7 Å². The van der Waals surface area contributed by atoms with Crippen LogP contribution in [0.4, 0.5) is 0 Å². The molecule has 0 bridgehead atoms. The molecule has 1 aliphatic heterocycles. The predicted molar refractivity (Wildman–Crippen MR) is 76.5 cm³/mol. The Hall–Kier alpha value is -1.51. The van der Waals surface area contributed by atoms with Crippen molar-refractivity contribution in [3.05, 3.63) is 29.8 Å².